The quantitative estimate of drug-likeness (QED) is 0.420. The molecule has 0 spiro atoms. The number of carbonyl (C=O) groups is 4. The van der Waals surface area contributed by atoms with Gasteiger partial charge in [0, 0.05) is 31.0 Å². The molecule has 10 heteroatoms. The van der Waals surface area contributed by atoms with Crippen molar-refractivity contribution in [2.24, 2.45) is 7.05 Å². The molecule has 3 N–H and O–H groups in total. The number of anilines is 1. The van der Waals surface area contributed by atoms with Gasteiger partial charge in [-0.3, -0.25) is 24.1 Å². The highest BCUT2D eigenvalue weighted by molar-refractivity contribution is 6.43. The van der Waals surface area contributed by atoms with Gasteiger partial charge < -0.3 is 20.3 Å². The summed E-state index contributed by atoms with van der Waals surface area (Å²) in [6.07, 6.45) is 1.35. The lowest BCUT2D eigenvalue weighted by atomic mass is 10.0. The van der Waals surface area contributed by atoms with Crippen LogP contribution < -0.4 is 10.6 Å². The zero-order chi connectivity index (χ0) is 25.2. The number of carbonyl (C=O) groups excluding carboxylic acids is 3. The molecule has 3 rings (SSSR count). The van der Waals surface area contributed by atoms with Crippen LogP contribution in [0.1, 0.15) is 50.5 Å². The minimum atomic E-state index is -0.945. The maximum Gasteiger partial charge on any atom is 0.317 e. The number of carboxylic acid groups (broad SMARTS) is 1. The van der Waals surface area contributed by atoms with Crippen molar-refractivity contribution in [1.82, 2.24) is 14.8 Å². The number of aliphatic carboxylic acids is 1. The van der Waals surface area contributed by atoms with Crippen molar-refractivity contribution >= 4 is 29.3 Å². The first-order valence-corrected chi connectivity index (χ1v) is 11.0. The van der Waals surface area contributed by atoms with Gasteiger partial charge in [0.2, 0.25) is 0 Å². The molecule has 1 aliphatic rings. The third-order valence-corrected chi connectivity index (χ3v) is 6.19. The van der Waals surface area contributed by atoms with Gasteiger partial charge in [0.05, 0.1) is 17.8 Å². The summed E-state index contributed by atoms with van der Waals surface area (Å²) in [6, 6.07) is 3.89. The standard InChI is InChI=1S/C24H29FN4O5/c1-13-10-16(7-8-18(13)25)26-23(33)20-14(2)21(28(4)15(20)3)22(32)24(34)27-17-6-5-9-29(11-17)12-19(30)31/h7-8,10,17H,5-6,9,11-12H2,1-4H3,(H,26,33)(H,27,34)(H,30,31). The van der Waals surface area contributed by atoms with Gasteiger partial charge in [0.15, 0.2) is 0 Å². The summed E-state index contributed by atoms with van der Waals surface area (Å²) in [5.41, 5.74) is 2.05. The molecule has 0 bridgehead atoms. The number of amides is 2. The maximum atomic E-state index is 13.5. The van der Waals surface area contributed by atoms with E-state index in [-0.39, 0.29) is 29.7 Å². The van der Waals surface area contributed by atoms with E-state index in [1.54, 1.807) is 32.7 Å². The number of nitrogens with one attached hydrogen (secondary N) is 2. The lowest BCUT2D eigenvalue weighted by Crippen LogP contribution is -2.50. The lowest BCUT2D eigenvalue weighted by molar-refractivity contribution is -0.138. The van der Waals surface area contributed by atoms with Crippen LogP contribution in [-0.2, 0) is 16.6 Å². The van der Waals surface area contributed by atoms with Crippen LogP contribution in [0.25, 0.3) is 0 Å². The van der Waals surface area contributed by atoms with E-state index in [9.17, 15) is 23.6 Å². The van der Waals surface area contributed by atoms with Crippen LogP contribution in [0.3, 0.4) is 0 Å². The molecule has 2 heterocycles. The van der Waals surface area contributed by atoms with Gasteiger partial charge in [-0.2, -0.15) is 0 Å². The Morgan fingerprint density at radius 3 is 2.53 bits per heavy atom. The molecule has 2 aromatic rings. The summed E-state index contributed by atoms with van der Waals surface area (Å²) in [5, 5.41) is 14.4. The van der Waals surface area contributed by atoms with E-state index in [4.69, 9.17) is 5.11 Å². The van der Waals surface area contributed by atoms with Gasteiger partial charge >= 0.3 is 5.97 Å². The van der Waals surface area contributed by atoms with E-state index in [0.717, 1.165) is 0 Å². The van der Waals surface area contributed by atoms with E-state index in [0.29, 0.717) is 48.4 Å². The third kappa shape index (κ3) is 5.33. The first-order valence-electron chi connectivity index (χ1n) is 11.0. The smallest absolute Gasteiger partial charge is 0.317 e. The Labute approximate surface area is 196 Å². The fourth-order valence-corrected chi connectivity index (χ4v) is 4.42. The number of piperidine rings is 1. The number of halogens is 1. The molecule has 0 radical (unpaired) electrons. The van der Waals surface area contributed by atoms with Gasteiger partial charge in [-0.15, -0.1) is 0 Å². The van der Waals surface area contributed by atoms with Crippen molar-refractivity contribution in [3.05, 3.63) is 52.1 Å². The number of ketones is 1. The third-order valence-electron chi connectivity index (χ3n) is 6.19. The van der Waals surface area contributed by atoms with Crippen molar-refractivity contribution in [2.45, 2.75) is 39.7 Å². The number of benzene rings is 1. The molecule has 1 atom stereocenters. The number of carboxylic acids is 1. The summed E-state index contributed by atoms with van der Waals surface area (Å²) >= 11 is 0. The average Bonchev–Trinajstić information content (AvgIpc) is 2.98. The summed E-state index contributed by atoms with van der Waals surface area (Å²) in [4.78, 5) is 51.4. The molecule has 0 saturated carbocycles. The Kier molecular flexibility index (Phi) is 7.51. The molecule has 1 aromatic carbocycles. The molecule has 182 valence electrons. The van der Waals surface area contributed by atoms with Crippen LogP contribution in [-0.4, -0.2) is 63.8 Å². The highest BCUT2D eigenvalue weighted by atomic mass is 19.1. The van der Waals surface area contributed by atoms with Crippen molar-refractivity contribution in [1.29, 1.82) is 0 Å². The first-order chi connectivity index (χ1) is 16.0. The number of nitrogens with zero attached hydrogens (tertiary/aromatic N) is 2. The van der Waals surface area contributed by atoms with Crippen LogP contribution in [0, 0.1) is 26.6 Å². The molecule has 1 saturated heterocycles. The van der Waals surface area contributed by atoms with Crippen molar-refractivity contribution in [3.63, 3.8) is 0 Å². The second-order valence-corrected chi connectivity index (χ2v) is 8.68. The average molecular weight is 473 g/mol. The molecule has 2 amide bonds. The van der Waals surface area contributed by atoms with Crippen LogP contribution in [0.4, 0.5) is 10.1 Å². The lowest BCUT2D eigenvalue weighted by Gasteiger charge is -2.31. The Hall–Kier alpha value is -3.53. The fraction of sp³-hybridized carbons (Fsp3) is 0.417. The molecule has 0 aliphatic carbocycles. The number of Topliss-reactive ketones (excluding diaryl/α,β-unsaturated/α-hetero) is 1. The number of aryl methyl sites for hydroxylation is 1. The summed E-state index contributed by atoms with van der Waals surface area (Å²) in [5.74, 6) is -3.36. The van der Waals surface area contributed by atoms with E-state index in [2.05, 4.69) is 10.6 Å². The maximum absolute atomic E-state index is 13.5. The number of likely N-dealkylation sites (tertiary alicyclic amines) is 1. The van der Waals surface area contributed by atoms with E-state index >= 15 is 0 Å². The Morgan fingerprint density at radius 1 is 1.18 bits per heavy atom. The zero-order valence-corrected chi connectivity index (χ0v) is 19.7. The fourth-order valence-electron chi connectivity index (χ4n) is 4.42. The largest absolute Gasteiger partial charge is 0.480 e. The number of hydrogen-bond donors (Lipinski definition) is 3. The highest BCUT2D eigenvalue weighted by Crippen LogP contribution is 2.24. The second-order valence-electron chi connectivity index (χ2n) is 8.68. The molecular formula is C24H29FN4O5. The molecule has 1 fully saturated rings. The monoisotopic (exact) mass is 472 g/mol. The van der Waals surface area contributed by atoms with Crippen LogP contribution in [0.15, 0.2) is 18.2 Å². The normalized spacial score (nSPS) is 16.2. The molecule has 9 nitrogen and oxygen atoms in total. The van der Waals surface area contributed by atoms with Crippen molar-refractivity contribution in [2.75, 3.05) is 25.0 Å². The molecular weight excluding hydrogens is 443 g/mol. The highest BCUT2D eigenvalue weighted by Gasteiger charge is 2.31. The molecule has 1 unspecified atom stereocenters. The van der Waals surface area contributed by atoms with Gasteiger partial charge in [0.25, 0.3) is 17.6 Å². The van der Waals surface area contributed by atoms with Crippen molar-refractivity contribution < 1.29 is 28.7 Å². The molecule has 1 aliphatic heterocycles. The van der Waals surface area contributed by atoms with Crippen LogP contribution >= 0.6 is 0 Å². The summed E-state index contributed by atoms with van der Waals surface area (Å²) in [7, 11) is 1.61. The Bertz CT molecular complexity index is 1160. The second kappa shape index (κ2) is 10.2. The summed E-state index contributed by atoms with van der Waals surface area (Å²) in [6.45, 7) is 5.72. The SMILES string of the molecule is Cc1cc(NC(=O)c2c(C)c(C(=O)C(=O)NC3CCCN(CC(=O)O)C3)n(C)c2C)ccc1F. The summed E-state index contributed by atoms with van der Waals surface area (Å²) < 4.78 is 15.0. The number of rotatable bonds is 7. The van der Waals surface area contributed by atoms with Gasteiger partial charge in [0.1, 0.15) is 5.82 Å². The van der Waals surface area contributed by atoms with E-state index in [1.165, 1.54) is 22.8 Å². The molecule has 1 aromatic heterocycles. The van der Waals surface area contributed by atoms with Gasteiger partial charge in [-0.05, 0) is 69.5 Å². The van der Waals surface area contributed by atoms with Gasteiger partial charge in [-0.25, -0.2) is 4.39 Å². The number of hydrogen-bond acceptors (Lipinski definition) is 5. The first kappa shape index (κ1) is 25.1. The van der Waals surface area contributed by atoms with E-state index < -0.39 is 23.6 Å². The van der Waals surface area contributed by atoms with Crippen molar-refractivity contribution in [3.8, 4) is 0 Å². The minimum absolute atomic E-state index is 0.105. The predicted octanol–water partition coefficient (Wildman–Crippen LogP) is 2.19. The predicted molar refractivity (Wildman–Crippen MR) is 124 cm³/mol. The van der Waals surface area contributed by atoms with Crippen LogP contribution in [0.2, 0.25) is 0 Å². The molecule has 34 heavy (non-hydrogen) atoms. The topological polar surface area (TPSA) is 121 Å². The van der Waals surface area contributed by atoms with Gasteiger partial charge in [-0.1, -0.05) is 0 Å². The Balaban J connectivity index is 1.76. The Morgan fingerprint density at radius 2 is 1.88 bits per heavy atom. The number of aromatic nitrogens is 1. The van der Waals surface area contributed by atoms with Crippen LogP contribution in [0.5, 0.6) is 0 Å². The minimum Gasteiger partial charge on any atom is -0.480 e. The van der Waals surface area contributed by atoms with E-state index in [1.807, 2.05) is 0 Å². The zero-order valence-electron chi connectivity index (χ0n) is 19.7.